The monoisotopic (exact) mass is 454 g/mol. The maximum atomic E-state index is 6.06. The van der Waals surface area contributed by atoms with Gasteiger partial charge in [0.25, 0.3) is 0 Å². The van der Waals surface area contributed by atoms with Crippen molar-refractivity contribution in [1.29, 1.82) is 0 Å². The van der Waals surface area contributed by atoms with Gasteiger partial charge in [-0.2, -0.15) is 0 Å². The van der Waals surface area contributed by atoms with Crippen molar-refractivity contribution in [3.05, 3.63) is 105 Å². The van der Waals surface area contributed by atoms with Crippen molar-refractivity contribution in [2.24, 2.45) is 0 Å². The van der Waals surface area contributed by atoms with Crippen LogP contribution in [0.15, 0.2) is 79.0 Å². The van der Waals surface area contributed by atoms with Gasteiger partial charge >= 0.3 is 0 Å². The van der Waals surface area contributed by atoms with Gasteiger partial charge < -0.3 is 10.1 Å². The number of hydrogen-bond donors (Lipinski definition) is 1. The van der Waals surface area contributed by atoms with Crippen LogP contribution >= 0.6 is 34.5 Å². The normalized spacial score (nSPS) is 10.9. The summed E-state index contributed by atoms with van der Waals surface area (Å²) in [5.74, 6) is 0.857. The Morgan fingerprint density at radius 1 is 0.833 bits per heavy atom. The number of ether oxygens (including phenoxy) is 1. The van der Waals surface area contributed by atoms with E-state index in [1.54, 1.807) is 11.3 Å². The predicted molar refractivity (Wildman–Crippen MR) is 125 cm³/mol. The van der Waals surface area contributed by atoms with Crippen molar-refractivity contribution < 1.29 is 4.74 Å². The minimum Gasteiger partial charge on any atom is -0.489 e. The second-order valence-corrected chi connectivity index (χ2v) is 8.70. The number of nitrogens with zero attached hydrogens (tertiary/aromatic N) is 1. The predicted octanol–water partition coefficient (Wildman–Crippen LogP) is 6.99. The van der Waals surface area contributed by atoms with E-state index in [1.165, 1.54) is 0 Å². The molecule has 3 aromatic carbocycles. The van der Waals surface area contributed by atoms with Crippen molar-refractivity contribution in [3.8, 4) is 16.2 Å². The fraction of sp³-hybridized carbons (Fsp3) is 0.125. The molecule has 0 fully saturated rings. The molecular formula is C24H20Cl2N2OS. The Labute approximate surface area is 190 Å². The molecule has 0 aliphatic rings. The highest BCUT2D eigenvalue weighted by Crippen LogP contribution is 2.28. The molecule has 0 radical (unpaired) electrons. The van der Waals surface area contributed by atoms with Crippen molar-refractivity contribution in [2.45, 2.75) is 19.7 Å². The third kappa shape index (κ3) is 5.61. The molecular weight excluding hydrogens is 435 g/mol. The minimum atomic E-state index is 0.565. The summed E-state index contributed by atoms with van der Waals surface area (Å²) in [6, 6.07) is 24.0. The molecule has 0 atom stereocenters. The van der Waals surface area contributed by atoms with Crippen LogP contribution in [0.25, 0.3) is 10.4 Å². The van der Waals surface area contributed by atoms with Crippen LogP contribution in [0.2, 0.25) is 10.0 Å². The number of thiazole rings is 1. The van der Waals surface area contributed by atoms with Gasteiger partial charge in [0.1, 0.15) is 17.4 Å². The molecule has 0 bridgehead atoms. The first-order valence-corrected chi connectivity index (χ1v) is 11.1. The first kappa shape index (κ1) is 20.9. The summed E-state index contributed by atoms with van der Waals surface area (Å²) in [7, 11) is 0. The number of hydrogen-bond acceptors (Lipinski definition) is 4. The fourth-order valence-corrected chi connectivity index (χ4v) is 4.16. The van der Waals surface area contributed by atoms with Gasteiger partial charge in [-0.25, -0.2) is 4.98 Å². The number of aromatic nitrogens is 1. The van der Waals surface area contributed by atoms with E-state index in [4.69, 9.17) is 27.9 Å². The second kappa shape index (κ2) is 10.1. The van der Waals surface area contributed by atoms with Gasteiger partial charge in [0, 0.05) is 19.3 Å². The molecule has 0 amide bonds. The van der Waals surface area contributed by atoms with E-state index < -0.39 is 0 Å². The zero-order chi connectivity index (χ0) is 20.8. The molecule has 3 nitrogen and oxygen atoms in total. The number of halogens is 2. The highest BCUT2D eigenvalue weighted by Gasteiger charge is 2.06. The SMILES string of the molecule is Clc1ccc(CNCc2ncc(-c3ccc(OCc4ccccc4)cc3)s2)cc1Cl. The van der Waals surface area contributed by atoms with Crippen LogP contribution in [0.1, 0.15) is 16.1 Å². The van der Waals surface area contributed by atoms with Crippen LogP contribution in [-0.2, 0) is 19.7 Å². The van der Waals surface area contributed by atoms with Crippen molar-refractivity contribution in [3.63, 3.8) is 0 Å². The number of benzene rings is 3. The largest absolute Gasteiger partial charge is 0.489 e. The third-order valence-electron chi connectivity index (χ3n) is 4.53. The Kier molecular flexibility index (Phi) is 7.03. The first-order valence-electron chi connectivity index (χ1n) is 9.54. The lowest BCUT2D eigenvalue weighted by Crippen LogP contribution is -2.12. The Hall–Kier alpha value is -2.37. The Bertz CT molecular complexity index is 1100. The van der Waals surface area contributed by atoms with Crippen LogP contribution in [-0.4, -0.2) is 4.98 Å². The molecule has 0 saturated carbocycles. The van der Waals surface area contributed by atoms with Gasteiger partial charge in [0.2, 0.25) is 0 Å². The lowest BCUT2D eigenvalue weighted by molar-refractivity contribution is 0.306. The summed E-state index contributed by atoms with van der Waals surface area (Å²) in [4.78, 5) is 5.67. The highest BCUT2D eigenvalue weighted by molar-refractivity contribution is 7.15. The van der Waals surface area contributed by atoms with Crippen molar-refractivity contribution in [1.82, 2.24) is 10.3 Å². The fourth-order valence-electron chi connectivity index (χ4n) is 2.95. The quantitative estimate of drug-likeness (QED) is 0.311. The van der Waals surface area contributed by atoms with Gasteiger partial charge in [-0.3, -0.25) is 0 Å². The maximum Gasteiger partial charge on any atom is 0.119 e. The molecule has 0 aliphatic carbocycles. The van der Waals surface area contributed by atoms with E-state index in [-0.39, 0.29) is 0 Å². The van der Waals surface area contributed by atoms with Crippen LogP contribution < -0.4 is 10.1 Å². The van der Waals surface area contributed by atoms with Gasteiger partial charge in [-0.05, 0) is 53.1 Å². The van der Waals surface area contributed by atoms with E-state index in [2.05, 4.69) is 34.6 Å². The maximum absolute atomic E-state index is 6.06. The molecule has 1 aromatic heterocycles. The van der Waals surface area contributed by atoms with E-state index in [9.17, 15) is 0 Å². The van der Waals surface area contributed by atoms with Gasteiger partial charge in [-0.1, -0.05) is 59.6 Å². The van der Waals surface area contributed by atoms with Crippen molar-refractivity contribution >= 4 is 34.5 Å². The Morgan fingerprint density at radius 3 is 2.40 bits per heavy atom. The second-order valence-electron chi connectivity index (χ2n) is 6.77. The van der Waals surface area contributed by atoms with E-state index in [0.717, 1.165) is 32.3 Å². The molecule has 1 heterocycles. The molecule has 0 spiro atoms. The first-order chi connectivity index (χ1) is 14.7. The zero-order valence-corrected chi connectivity index (χ0v) is 18.5. The van der Waals surface area contributed by atoms with Crippen LogP contribution in [0.5, 0.6) is 5.75 Å². The standard InChI is InChI=1S/C24H20Cl2N2OS/c25-21-11-6-18(12-22(21)26)13-27-15-24-28-14-23(30-24)19-7-9-20(10-8-19)29-16-17-4-2-1-3-5-17/h1-12,14,27H,13,15-16H2. The van der Waals surface area contributed by atoms with Crippen LogP contribution in [0.4, 0.5) is 0 Å². The zero-order valence-electron chi connectivity index (χ0n) is 16.1. The summed E-state index contributed by atoms with van der Waals surface area (Å²) in [5, 5.41) is 5.58. The summed E-state index contributed by atoms with van der Waals surface area (Å²) in [5.41, 5.74) is 3.38. The summed E-state index contributed by atoms with van der Waals surface area (Å²) >= 11 is 13.7. The molecule has 30 heavy (non-hydrogen) atoms. The average molecular weight is 455 g/mol. The van der Waals surface area contributed by atoms with E-state index in [0.29, 0.717) is 29.7 Å². The van der Waals surface area contributed by atoms with Gasteiger partial charge in [0.15, 0.2) is 0 Å². The average Bonchev–Trinajstić information content (AvgIpc) is 3.25. The van der Waals surface area contributed by atoms with Gasteiger partial charge in [-0.15, -0.1) is 11.3 Å². The summed E-state index contributed by atoms with van der Waals surface area (Å²) < 4.78 is 5.86. The highest BCUT2D eigenvalue weighted by atomic mass is 35.5. The molecule has 0 aliphatic heterocycles. The molecule has 4 rings (SSSR count). The minimum absolute atomic E-state index is 0.565. The Balaban J connectivity index is 1.30. The molecule has 152 valence electrons. The number of nitrogens with one attached hydrogen (secondary N) is 1. The lowest BCUT2D eigenvalue weighted by Gasteiger charge is -2.06. The molecule has 0 saturated heterocycles. The van der Waals surface area contributed by atoms with Crippen LogP contribution in [0.3, 0.4) is 0 Å². The van der Waals surface area contributed by atoms with E-state index in [1.807, 2.05) is 54.7 Å². The van der Waals surface area contributed by atoms with Crippen molar-refractivity contribution in [2.75, 3.05) is 0 Å². The topological polar surface area (TPSA) is 34.2 Å². The number of rotatable bonds is 8. The van der Waals surface area contributed by atoms with Gasteiger partial charge in [0.05, 0.1) is 14.9 Å². The molecule has 6 heteroatoms. The Morgan fingerprint density at radius 2 is 1.63 bits per heavy atom. The van der Waals surface area contributed by atoms with Crippen LogP contribution in [0, 0.1) is 0 Å². The lowest BCUT2D eigenvalue weighted by atomic mass is 10.2. The molecule has 1 N–H and O–H groups in total. The summed E-state index contributed by atoms with van der Waals surface area (Å²) in [6.45, 7) is 1.97. The summed E-state index contributed by atoms with van der Waals surface area (Å²) in [6.07, 6.45) is 1.92. The molecule has 0 unspecified atom stereocenters. The van der Waals surface area contributed by atoms with E-state index >= 15 is 0 Å². The smallest absolute Gasteiger partial charge is 0.119 e. The molecule has 4 aromatic rings. The third-order valence-corrected chi connectivity index (χ3v) is 6.32.